The van der Waals surface area contributed by atoms with Crippen molar-refractivity contribution in [3.63, 3.8) is 0 Å². The highest BCUT2D eigenvalue weighted by atomic mass is 16.5. The second kappa shape index (κ2) is 6.90. The van der Waals surface area contributed by atoms with Gasteiger partial charge in [0, 0.05) is 24.6 Å². The van der Waals surface area contributed by atoms with E-state index >= 15 is 0 Å². The Morgan fingerprint density at radius 2 is 2.04 bits per heavy atom. The Labute approximate surface area is 157 Å². The topological polar surface area (TPSA) is 85.0 Å². The number of rotatable bonds is 3. The maximum atomic E-state index is 13.0. The molecule has 138 valence electrons. The van der Waals surface area contributed by atoms with Gasteiger partial charge in [-0.25, -0.2) is 9.97 Å². The molecule has 1 unspecified atom stereocenters. The van der Waals surface area contributed by atoms with Gasteiger partial charge in [0.1, 0.15) is 5.76 Å². The largest absolute Gasteiger partial charge is 0.361 e. The number of aryl methyl sites for hydroxylation is 3. The lowest BCUT2D eigenvalue weighted by atomic mass is 10.1. The quantitative estimate of drug-likeness (QED) is 0.709. The van der Waals surface area contributed by atoms with E-state index in [-0.39, 0.29) is 11.9 Å². The second-order valence-corrected chi connectivity index (χ2v) is 6.85. The van der Waals surface area contributed by atoms with Crippen molar-refractivity contribution in [1.29, 1.82) is 0 Å². The summed E-state index contributed by atoms with van der Waals surface area (Å²) in [5.74, 6) is 1.26. The number of hydrogen-bond donors (Lipinski definition) is 0. The van der Waals surface area contributed by atoms with Crippen LogP contribution in [0.15, 0.2) is 35.1 Å². The Morgan fingerprint density at radius 1 is 1.19 bits per heavy atom. The third kappa shape index (κ3) is 3.20. The SMILES string of the molecule is Cc1ccc(C(=O)N2CCCC2c2ccnc(-c3c(C)noc3C)n2)cn1. The summed E-state index contributed by atoms with van der Waals surface area (Å²) in [5.41, 5.74) is 3.91. The van der Waals surface area contributed by atoms with Crippen molar-refractivity contribution in [1.82, 2.24) is 25.0 Å². The van der Waals surface area contributed by atoms with Gasteiger partial charge in [0.25, 0.3) is 5.91 Å². The Kier molecular flexibility index (Phi) is 4.43. The molecular weight excluding hydrogens is 342 g/mol. The number of aromatic nitrogens is 4. The van der Waals surface area contributed by atoms with E-state index in [0.29, 0.717) is 23.7 Å². The number of carbonyl (C=O) groups is 1. The standard InChI is InChI=1S/C20H21N5O2/c1-12-6-7-15(11-22-12)20(26)25-10-4-5-17(25)16-8-9-21-19(23-16)18-13(2)24-27-14(18)3/h6-9,11,17H,4-5,10H2,1-3H3. The monoisotopic (exact) mass is 363 g/mol. The van der Waals surface area contributed by atoms with Crippen LogP contribution in [0.3, 0.4) is 0 Å². The molecule has 1 aliphatic heterocycles. The molecule has 0 N–H and O–H groups in total. The molecule has 1 atom stereocenters. The first-order valence-electron chi connectivity index (χ1n) is 9.04. The molecule has 0 saturated carbocycles. The molecule has 1 fully saturated rings. The molecule has 3 aromatic heterocycles. The Balaban J connectivity index is 1.65. The predicted molar refractivity (Wildman–Crippen MR) is 99.0 cm³/mol. The third-order valence-electron chi connectivity index (χ3n) is 4.95. The second-order valence-electron chi connectivity index (χ2n) is 6.85. The molecule has 1 amide bonds. The van der Waals surface area contributed by atoms with E-state index in [4.69, 9.17) is 9.51 Å². The van der Waals surface area contributed by atoms with Crippen LogP contribution < -0.4 is 0 Å². The zero-order valence-electron chi connectivity index (χ0n) is 15.6. The number of nitrogens with zero attached hydrogens (tertiary/aromatic N) is 5. The molecule has 0 aromatic carbocycles. The van der Waals surface area contributed by atoms with E-state index in [0.717, 1.165) is 35.5 Å². The van der Waals surface area contributed by atoms with Crippen LogP contribution in [0.1, 0.15) is 52.1 Å². The minimum absolute atomic E-state index is 0.0116. The highest BCUT2D eigenvalue weighted by Gasteiger charge is 2.32. The van der Waals surface area contributed by atoms with E-state index in [1.54, 1.807) is 12.4 Å². The van der Waals surface area contributed by atoms with Crippen molar-refractivity contribution < 1.29 is 9.32 Å². The van der Waals surface area contributed by atoms with Gasteiger partial charge in [-0.1, -0.05) is 5.16 Å². The van der Waals surface area contributed by atoms with Gasteiger partial charge in [0.05, 0.1) is 28.6 Å². The fourth-order valence-corrected chi connectivity index (χ4v) is 3.56. The summed E-state index contributed by atoms with van der Waals surface area (Å²) in [4.78, 5) is 28.2. The average Bonchev–Trinajstić information content (AvgIpc) is 3.29. The van der Waals surface area contributed by atoms with Crippen molar-refractivity contribution >= 4 is 5.91 Å². The number of carbonyl (C=O) groups excluding carboxylic acids is 1. The normalized spacial score (nSPS) is 16.7. The molecule has 27 heavy (non-hydrogen) atoms. The Morgan fingerprint density at radius 3 is 2.74 bits per heavy atom. The summed E-state index contributed by atoms with van der Waals surface area (Å²) in [5, 5.41) is 3.98. The van der Waals surface area contributed by atoms with Gasteiger partial charge in [-0.05, 0) is 51.8 Å². The van der Waals surface area contributed by atoms with Gasteiger partial charge in [0.2, 0.25) is 0 Å². The van der Waals surface area contributed by atoms with Crippen LogP contribution in [0, 0.1) is 20.8 Å². The maximum Gasteiger partial charge on any atom is 0.255 e. The van der Waals surface area contributed by atoms with Crippen LogP contribution in [0.4, 0.5) is 0 Å². The molecule has 4 rings (SSSR count). The average molecular weight is 363 g/mol. The number of amides is 1. The van der Waals surface area contributed by atoms with Crippen LogP contribution in [-0.2, 0) is 0 Å². The van der Waals surface area contributed by atoms with Gasteiger partial charge < -0.3 is 9.42 Å². The smallest absolute Gasteiger partial charge is 0.255 e. The molecule has 0 aliphatic carbocycles. The highest BCUT2D eigenvalue weighted by molar-refractivity contribution is 5.94. The molecule has 3 aromatic rings. The fraction of sp³-hybridized carbons (Fsp3) is 0.350. The molecule has 0 bridgehead atoms. The first-order valence-corrected chi connectivity index (χ1v) is 9.04. The van der Waals surface area contributed by atoms with E-state index in [2.05, 4.69) is 15.1 Å². The molecule has 7 heteroatoms. The van der Waals surface area contributed by atoms with E-state index in [1.807, 2.05) is 43.9 Å². The van der Waals surface area contributed by atoms with Gasteiger partial charge in [-0.15, -0.1) is 0 Å². The maximum absolute atomic E-state index is 13.0. The van der Waals surface area contributed by atoms with Crippen molar-refractivity contribution in [2.45, 2.75) is 39.7 Å². The van der Waals surface area contributed by atoms with Gasteiger partial charge >= 0.3 is 0 Å². The van der Waals surface area contributed by atoms with Crippen molar-refractivity contribution in [2.75, 3.05) is 6.54 Å². The van der Waals surface area contributed by atoms with Crippen LogP contribution in [0.5, 0.6) is 0 Å². The van der Waals surface area contributed by atoms with Crippen LogP contribution >= 0.6 is 0 Å². The van der Waals surface area contributed by atoms with Gasteiger partial charge in [-0.3, -0.25) is 9.78 Å². The third-order valence-corrected chi connectivity index (χ3v) is 4.95. The van der Waals surface area contributed by atoms with Crippen molar-refractivity contribution in [3.05, 3.63) is 59.0 Å². The molecule has 1 aliphatic rings. The first kappa shape index (κ1) is 17.3. The zero-order chi connectivity index (χ0) is 19.0. The molecule has 7 nitrogen and oxygen atoms in total. The van der Waals surface area contributed by atoms with Crippen molar-refractivity contribution in [3.8, 4) is 11.4 Å². The van der Waals surface area contributed by atoms with Crippen LogP contribution in [0.25, 0.3) is 11.4 Å². The number of hydrogen-bond acceptors (Lipinski definition) is 6. The number of pyridine rings is 1. The van der Waals surface area contributed by atoms with E-state index in [1.165, 1.54) is 0 Å². The van der Waals surface area contributed by atoms with Crippen LogP contribution in [0.2, 0.25) is 0 Å². The lowest BCUT2D eigenvalue weighted by molar-refractivity contribution is 0.0732. The summed E-state index contributed by atoms with van der Waals surface area (Å²) in [6.45, 7) is 6.34. The summed E-state index contributed by atoms with van der Waals surface area (Å²) in [6, 6.07) is 5.50. The summed E-state index contributed by atoms with van der Waals surface area (Å²) < 4.78 is 5.24. The molecule has 1 saturated heterocycles. The minimum atomic E-state index is -0.0685. The lowest BCUT2D eigenvalue weighted by Crippen LogP contribution is -2.31. The van der Waals surface area contributed by atoms with Crippen LogP contribution in [-0.4, -0.2) is 37.5 Å². The Bertz CT molecular complexity index is 961. The van der Waals surface area contributed by atoms with Crippen molar-refractivity contribution in [2.24, 2.45) is 0 Å². The molecule has 4 heterocycles. The molecule has 0 spiro atoms. The summed E-state index contributed by atoms with van der Waals surface area (Å²) >= 11 is 0. The molecule has 0 radical (unpaired) electrons. The first-order chi connectivity index (χ1) is 13.0. The lowest BCUT2D eigenvalue weighted by Gasteiger charge is -2.24. The Hall–Kier alpha value is -3.09. The molecular formula is C20H21N5O2. The summed E-state index contributed by atoms with van der Waals surface area (Å²) in [6.07, 6.45) is 5.20. The van der Waals surface area contributed by atoms with E-state index in [9.17, 15) is 4.79 Å². The highest BCUT2D eigenvalue weighted by Crippen LogP contribution is 2.33. The van der Waals surface area contributed by atoms with Gasteiger partial charge in [-0.2, -0.15) is 0 Å². The minimum Gasteiger partial charge on any atom is -0.361 e. The zero-order valence-corrected chi connectivity index (χ0v) is 15.6. The fourth-order valence-electron chi connectivity index (χ4n) is 3.56. The van der Waals surface area contributed by atoms with E-state index < -0.39 is 0 Å². The van der Waals surface area contributed by atoms with Gasteiger partial charge in [0.15, 0.2) is 5.82 Å². The summed E-state index contributed by atoms with van der Waals surface area (Å²) in [7, 11) is 0. The predicted octanol–water partition coefficient (Wildman–Crippen LogP) is 3.43. The number of likely N-dealkylation sites (tertiary alicyclic amines) is 1.